The third-order valence-electron chi connectivity index (χ3n) is 3.08. The number of hydrogen-bond acceptors (Lipinski definition) is 4. The normalized spacial score (nSPS) is 10.3. The van der Waals surface area contributed by atoms with E-state index in [0.29, 0.717) is 12.2 Å². The van der Waals surface area contributed by atoms with Crippen LogP contribution in [0.15, 0.2) is 41.3 Å². The third-order valence-corrected chi connectivity index (χ3v) is 4.09. The van der Waals surface area contributed by atoms with Gasteiger partial charge >= 0.3 is 0 Å². The average molecular weight is 332 g/mol. The fourth-order valence-corrected chi connectivity index (χ4v) is 2.86. The molecule has 0 aliphatic rings. The molecule has 23 heavy (non-hydrogen) atoms. The first kappa shape index (κ1) is 17.1. The number of hydrazine groups is 1. The molecule has 0 atom stereocenters. The van der Waals surface area contributed by atoms with Crippen LogP contribution in [0, 0.1) is 13.8 Å². The lowest BCUT2D eigenvalue weighted by molar-refractivity contribution is -0.129. The summed E-state index contributed by atoms with van der Waals surface area (Å²) >= 11 is 1.60. The molecule has 6 nitrogen and oxygen atoms in total. The zero-order chi connectivity index (χ0) is 16.7. The highest BCUT2D eigenvalue weighted by atomic mass is 32.2. The molecule has 0 saturated carbocycles. The van der Waals surface area contributed by atoms with Crippen LogP contribution in [-0.2, 0) is 16.1 Å². The highest BCUT2D eigenvalue weighted by Gasteiger charge is 2.08. The molecule has 2 amide bonds. The molecule has 0 spiro atoms. The number of benzene rings is 1. The minimum absolute atomic E-state index is 0.0821. The molecule has 2 N–H and O–H groups in total. The van der Waals surface area contributed by atoms with E-state index in [9.17, 15) is 9.59 Å². The van der Waals surface area contributed by atoms with Gasteiger partial charge in [-0.25, -0.2) is 0 Å². The van der Waals surface area contributed by atoms with Gasteiger partial charge in [-0.1, -0.05) is 18.2 Å². The number of aryl methyl sites for hydroxylation is 2. The molecule has 0 aliphatic heterocycles. The second-order valence-corrected chi connectivity index (χ2v) is 6.26. The monoisotopic (exact) mass is 332 g/mol. The van der Waals surface area contributed by atoms with E-state index in [1.165, 1.54) is 0 Å². The summed E-state index contributed by atoms with van der Waals surface area (Å²) in [5.41, 5.74) is 6.59. The molecule has 0 aliphatic carbocycles. The summed E-state index contributed by atoms with van der Waals surface area (Å²) in [5.74, 6) is 0.138. The Balaban J connectivity index is 1.65. The zero-order valence-corrected chi connectivity index (χ0v) is 14.0. The highest BCUT2D eigenvalue weighted by Crippen LogP contribution is 2.17. The van der Waals surface area contributed by atoms with E-state index in [2.05, 4.69) is 16.0 Å². The zero-order valence-electron chi connectivity index (χ0n) is 13.2. The number of carbonyl (C=O) groups excluding carboxylic acids is 2. The molecule has 0 unspecified atom stereocenters. The summed E-state index contributed by atoms with van der Waals surface area (Å²) in [7, 11) is 0. The predicted molar refractivity (Wildman–Crippen MR) is 89.8 cm³/mol. The Labute approximate surface area is 139 Å². The van der Waals surface area contributed by atoms with E-state index < -0.39 is 0 Å². The highest BCUT2D eigenvalue weighted by molar-refractivity contribution is 7.99. The second-order valence-electron chi connectivity index (χ2n) is 5.09. The molecule has 0 fully saturated rings. The Morgan fingerprint density at radius 3 is 2.48 bits per heavy atom. The number of nitrogens with zero attached hydrogens (tertiary/aromatic N) is 2. The van der Waals surface area contributed by atoms with Crippen molar-refractivity contribution in [1.82, 2.24) is 20.6 Å². The number of amides is 2. The fraction of sp³-hybridized carbons (Fsp3) is 0.312. The Bertz CT molecular complexity index is 670. The minimum atomic E-state index is -0.305. The number of hydrogen-bond donors (Lipinski definition) is 2. The van der Waals surface area contributed by atoms with Crippen molar-refractivity contribution in [3.05, 3.63) is 47.8 Å². The van der Waals surface area contributed by atoms with Crippen LogP contribution < -0.4 is 10.9 Å². The predicted octanol–water partition coefficient (Wildman–Crippen LogP) is 1.83. The molecule has 1 heterocycles. The second kappa shape index (κ2) is 8.38. The lowest BCUT2D eigenvalue weighted by atomic mass is 10.4. The first-order valence-corrected chi connectivity index (χ1v) is 8.30. The van der Waals surface area contributed by atoms with Crippen LogP contribution in [0.2, 0.25) is 0 Å². The summed E-state index contributed by atoms with van der Waals surface area (Å²) in [6.07, 6.45) is 0.333. The lowest BCUT2D eigenvalue weighted by Gasteiger charge is -2.08. The van der Waals surface area contributed by atoms with Crippen molar-refractivity contribution in [2.24, 2.45) is 0 Å². The van der Waals surface area contributed by atoms with Crippen LogP contribution in [0.3, 0.4) is 0 Å². The molecular formula is C16H20N4O2S. The van der Waals surface area contributed by atoms with Gasteiger partial charge in [-0.2, -0.15) is 5.10 Å². The maximum atomic E-state index is 11.8. The van der Waals surface area contributed by atoms with E-state index in [0.717, 1.165) is 16.3 Å². The fourth-order valence-electron chi connectivity index (χ4n) is 1.99. The standard InChI is InChI=1S/C16H20N4O2S/c1-12-10-13(2)20(19-12)11-16(22)18-17-15(21)8-9-23-14-6-4-3-5-7-14/h3-7,10H,8-9,11H2,1-2H3,(H,17,21)(H,18,22). The van der Waals surface area contributed by atoms with Crippen molar-refractivity contribution in [2.75, 3.05) is 5.75 Å². The Kier molecular flexibility index (Phi) is 6.22. The number of nitrogens with one attached hydrogen (secondary N) is 2. The molecule has 1 aromatic heterocycles. The van der Waals surface area contributed by atoms with Gasteiger partial charge in [-0.15, -0.1) is 11.8 Å². The topological polar surface area (TPSA) is 76.0 Å². The molecular weight excluding hydrogens is 312 g/mol. The van der Waals surface area contributed by atoms with Gasteiger partial charge in [0.2, 0.25) is 5.91 Å². The summed E-state index contributed by atoms with van der Waals surface area (Å²) in [4.78, 5) is 24.6. The van der Waals surface area contributed by atoms with E-state index in [-0.39, 0.29) is 18.4 Å². The lowest BCUT2D eigenvalue weighted by Crippen LogP contribution is -2.43. The van der Waals surface area contributed by atoms with Crippen molar-refractivity contribution in [2.45, 2.75) is 31.7 Å². The van der Waals surface area contributed by atoms with Gasteiger partial charge in [0.25, 0.3) is 5.91 Å². The van der Waals surface area contributed by atoms with E-state index in [4.69, 9.17) is 0 Å². The van der Waals surface area contributed by atoms with Crippen molar-refractivity contribution < 1.29 is 9.59 Å². The summed E-state index contributed by atoms with van der Waals surface area (Å²) in [6.45, 7) is 3.83. The van der Waals surface area contributed by atoms with E-state index in [1.54, 1.807) is 16.4 Å². The molecule has 1 aromatic carbocycles. The minimum Gasteiger partial charge on any atom is -0.273 e. The van der Waals surface area contributed by atoms with Crippen molar-refractivity contribution in [1.29, 1.82) is 0 Å². The van der Waals surface area contributed by atoms with Crippen molar-refractivity contribution >= 4 is 23.6 Å². The molecule has 2 aromatic rings. The Hall–Kier alpha value is -2.28. The van der Waals surface area contributed by atoms with Gasteiger partial charge in [0.1, 0.15) is 6.54 Å². The maximum Gasteiger partial charge on any atom is 0.260 e. The van der Waals surface area contributed by atoms with Crippen LogP contribution >= 0.6 is 11.8 Å². The van der Waals surface area contributed by atoms with E-state index >= 15 is 0 Å². The van der Waals surface area contributed by atoms with Crippen LogP contribution in [0.5, 0.6) is 0 Å². The van der Waals surface area contributed by atoms with Crippen molar-refractivity contribution in [3.63, 3.8) is 0 Å². The summed E-state index contributed by atoms with van der Waals surface area (Å²) < 4.78 is 1.60. The van der Waals surface area contributed by atoms with Gasteiger partial charge < -0.3 is 0 Å². The van der Waals surface area contributed by atoms with E-state index in [1.807, 2.05) is 50.2 Å². The number of thioether (sulfide) groups is 1. The largest absolute Gasteiger partial charge is 0.273 e. The SMILES string of the molecule is Cc1cc(C)n(CC(=O)NNC(=O)CCSc2ccccc2)n1. The first-order chi connectivity index (χ1) is 11.0. The molecule has 7 heteroatoms. The van der Waals surface area contributed by atoms with Crippen molar-refractivity contribution in [3.8, 4) is 0 Å². The number of rotatable bonds is 6. The molecule has 122 valence electrons. The van der Waals surface area contributed by atoms with Gasteiger partial charge in [-0.3, -0.25) is 25.1 Å². The summed E-state index contributed by atoms with van der Waals surface area (Å²) in [6, 6.07) is 11.8. The number of aromatic nitrogens is 2. The first-order valence-electron chi connectivity index (χ1n) is 7.31. The van der Waals surface area contributed by atoms with Gasteiger partial charge in [0.15, 0.2) is 0 Å². The van der Waals surface area contributed by atoms with Crippen LogP contribution in [0.25, 0.3) is 0 Å². The van der Waals surface area contributed by atoms with Gasteiger partial charge in [-0.05, 0) is 32.0 Å². The van der Waals surface area contributed by atoms with Crippen LogP contribution in [0.1, 0.15) is 17.8 Å². The summed E-state index contributed by atoms with van der Waals surface area (Å²) in [5, 5.41) is 4.20. The maximum absolute atomic E-state index is 11.8. The van der Waals surface area contributed by atoms with Crippen LogP contribution in [0.4, 0.5) is 0 Å². The molecule has 0 saturated heterocycles. The Morgan fingerprint density at radius 2 is 1.83 bits per heavy atom. The Morgan fingerprint density at radius 1 is 1.13 bits per heavy atom. The molecule has 2 rings (SSSR count). The molecule has 0 radical (unpaired) electrons. The van der Waals surface area contributed by atoms with Gasteiger partial charge in [0, 0.05) is 22.8 Å². The quantitative estimate of drug-likeness (QED) is 0.625. The number of carbonyl (C=O) groups is 2. The average Bonchev–Trinajstić information content (AvgIpc) is 2.84. The molecule has 0 bridgehead atoms. The van der Waals surface area contributed by atoms with Crippen LogP contribution in [-0.4, -0.2) is 27.3 Å². The third kappa shape index (κ3) is 5.78. The smallest absolute Gasteiger partial charge is 0.260 e. The van der Waals surface area contributed by atoms with Gasteiger partial charge in [0.05, 0.1) is 5.69 Å².